The zero-order valence-corrected chi connectivity index (χ0v) is 18.5. The van der Waals surface area contributed by atoms with E-state index in [1.165, 1.54) is 5.69 Å². The van der Waals surface area contributed by atoms with Gasteiger partial charge < -0.3 is 19.7 Å². The molecule has 0 radical (unpaired) electrons. The Morgan fingerprint density at radius 1 is 0.968 bits per heavy atom. The second-order valence-electron chi connectivity index (χ2n) is 7.61. The molecule has 0 bridgehead atoms. The van der Waals surface area contributed by atoms with E-state index < -0.39 is 0 Å². The molecule has 6 heteroatoms. The maximum absolute atomic E-state index is 12.0. The Kier molecular flexibility index (Phi) is 8.79. The average molecular weight is 423 g/mol. The van der Waals surface area contributed by atoms with Crippen molar-refractivity contribution >= 4 is 17.7 Å². The van der Waals surface area contributed by atoms with Gasteiger partial charge in [0.1, 0.15) is 11.5 Å². The van der Waals surface area contributed by atoms with Crippen LogP contribution in [0.15, 0.2) is 54.6 Å². The first kappa shape index (κ1) is 22.7. The van der Waals surface area contributed by atoms with Crippen molar-refractivity contribution < 1.29 is 14.3 Å². The molecule has 3 rings (SSSR count). The number of unbranched alkanes of at least 4 members (excludes halogenated alkanes) is 1. The lowest BCUT2D eigenvalue weighted by atomic mass is 10.2. The molecule has 1 aliphatic heterocycles. The van der Waals surface area contributed by atoms with Crippen molar-refractivity contribution in [3.63, 3.8) is 0 Å². The van der Waals surface area contributed by atoms with Crippen LogP contribution in [-0.2, 0) is 4.79 Å². The molecule has 0 saturated carbocycles. The first-order valence-corrected chi connectivity index (χ1v) is 10.9. The molecule has 1 saturated heterocycles. The zero-order chi connectivity index (χ0) is 21.9. The second kappa shape index (κ2) is 12.0. The molecule has 1 N–H and O–H groups in total. The van der Waals surface area contributed by atoms with E-state index in [0.717, 1.165) is 62.6 Å². The number of piperazine rings is 1. The number of benzene rings is 2. The molecule has 2 aromatic rings. The van der Waals surface area contributed by atoms with E-state index >= 15 is 0 Å². The SMILES string of the molecule is COc1ccc(/C=C/C(=O)NCCCCN2CCN(c3ccccc3O[11CH3])CC2)cc1. The Hall–Kier alpha value is -2.99. The quantitative estimate of drug-likeness (QED) is 0.470. The van der Waals surface area contributed by atoms with E-state index in [2.05, 4.69) is 27.2 Å². The van der Waals surface area contributed by atoms with Gasteiger partial charge in [-0.25, -0.2) is 0 Å². The maximum Gasteiger partial charge on any atom is 0.243 e. The normalized spacial score (nSPS) is 14.6. The number of carbonyl (C=O) groups excluding carboxylic acids is 1. The first-order chi connectivity index (χ1) is 15.2. The van der Waals surface area contributed by atoms with Crippen LogP contribution >= 0.6 is 0 Å². The van der Waals surface area contributed by atoms with Gasteiger partial charge in [0.25, 0.3) is 0 Å². The van der Waals surface area contributed by atoms with Crippen LogP contribution in [0.25, 0.3) is 6.08 Å². The highest BCUT2D eigenvalue weighted by molar-refractivity contribution is 5.91. The molecule has 6 nitrogen and oxygen atoms in total. The van der Waals surface area contributed by atoms with Gasteiger partial charge in [-0.1, -0.05) is 24.3 Å². The van der Waals surface area contributed by atoms with Crippen LogP contribution in [-0.4, -0.2) is 64.3 Å². The minimum absolute atomic E-state index is 0.0544. The number of ether oxygens (including phenoxy) is 2. The second-order valence-corrected chi connectivity index (χ2v) is 7.61. The molecule has 0 unspecified atom stereocenters. The van der Waals surface area contributed by atoms with Crippen LogP contribution in [0.1, 0.15) is 18.4 Å². The van der Waals surface area contributed by atoms with Crippen molar-refractivity contribution in [1.82, 2.24) is 10.2 Å². The number of rotatable bonds is 10. The van der Waals surface area contributed by atoms with Gasteiger partial charge in [-0.2, -0.15) is 0 Å². The Balaban J connectivity index is 1.29. The summed E-state index contributed by atoms with van der Waals surface area (Å²) >= 11 is 0. The third kappa shape index (κ3) is 7.03. The number of methoxy groups -OCH3 is 2. The zero-order valence-electron chi connectivity index (χ0n) is 18.5. The molecule has 31 heavy (non-hydrogen) atoms. The van der Waals surface area contributed by atoms with Crippen LogP contribution in [0.5, 0.6) is 11.5 Å². The third-order valence-electron chi connectivity index (χ3n) is 5.54. The molecule has 1 amide bonds. The molecule has 166 valence electrons. The van der Waals surface area contributed by atoms with Gasteiger partial charge in [-0.05, 0) is 55.3 Å². The Bertz CT molecular complexity index is 843. The number of para-hydroxylation sites is 2. The molecule has 1 aliphatic rings. The van der Waals surface area contributed by atoms with Gasteiger partial charge in [0.05, 0.1) is 19.9 Å². The largest absolute Gasteiger partial charge is 0.497 e. The Labute approximate surface area is 185 Å². The van der Waals surface area contributed by atoms with Gasteiger partial charge in [-0.15, -0.1) is 0 Å². The van der Waals surface area contributed by atoms with Gasteiger partial charge in [0, 0.05) is 38.8 Å². The fraction of sp³-hybridized carbons (Fsp3) is 0.400. The number of hydrogen-bond donors (Lipinski definition) is 1. The minimum atomic E-state index is -0.0544. The number of amides is 1. The summed E-state index contributed by atoms with van der Waals surface area (Å²) in [6, 6.07) is 15.8. The topological polar surface area (TPSA) is 54.0 Å². The number of nitrogens with one attached hydrogen (secondary N) is 1. The fourth-order valence-electron chi connectivity index (χ4n) is 3.72. The Morgan fingerprint density at radius 2 is 1.71 bits per heavy atom. The molecule has 2 aromatic carbocycles. The van der Waals surface area contributed by atoms with Gasteiger partial charge in [-0.3, -0.25) is 9.69 Å². The summed E-state index contributed by atoms with van der Waals surface area (Å²) in [5.74, 6) is 1.69. The van der Waals surface area contributed by atoms with Gasteiger partial charge >= 0.3 is 0 Å². The highest BCUT2D eigenvalue weighted by Crippen LogP contribution is 2.28. The molecular weight excluding hydrogens is 389 g/mol. The molecular formula is C25H33N3O3. The molecule has 1 heterocycles. The van der Waals surface area contributed by atoms with Crippen molar-refractivity contribution in [2.45, 2.75) is 12.8 Å². The van der Waals surface area contributed by atoms with Crippen LogP contribution in [0.3, 0.4) is 0 Å². The Morgan fingerprint density at radius 3 is 2.42 bits per heavy atom. The molecule has 0 aliphatic carbocycles. The first-order valence-electron chi connectivity index (χ1n) is 10.9. The summed E-state index contributed by atoms with van der Waals surface area (Å²) in [5, 5.41) is 2.96. The highest BCUT2D eigenvalue weighted by atomic mass is 16.5. The van der Waals surface area contributed by atoms with Crippen molar-refractivity contribution in [2.24, 2.45) is 0 Å². The molecule has 0 atom stereocenters. The lowest BCUT2D eigenvalue weighted by Gasteiger charge is -2.36. The van der Waals surface area contributed by atoms with E-state index in [1.54, 1.807) is 20.3 Å². The lowest BCUT2D eigenvalue weighted by molar-refractivity contribution is -0.116. The van der Waals surface area contributed by atoms with Crippen molar-refractivity contribution in [2.75, 3.05) is 58.4 Å². The van der Waals surface area contributed by atoms with E-state index in [9.17, 15) is 4.79 Å². The summed E-state index contributed by atoms with van der Waals surface area (Å²) in [7, 11) is 3.36. The van der Waals surface area contributed by atoms with Crippen molar-refractivity contribution in [1.29, 1.82) is 0 Å². The summed E-state index contributed by atoms with van der Waals surface area (Å²) in [6.07, 6.45) is 5.46. The third-order valence-corrected chi connectivity index (χ3v) is 5.54. The molecule has 0 spiro atoms. The number of anilines is 1. The predicted octanol–water partition coefficient (Wildman–Crippen LogP) is 3.44. The van der Waals surface area contributed by atoms with Crippen LogP contribution in [0, 0.1) is 0 Å². The minimum Gasteiger partial charge on any atom is -0.497 e. The van der Waals surface area contributed by atoms with Crippen LogP contribution in [0.4, 0.5) is 5.69 Å². The number of carbonyl (C=O) groups is 1. The smallest absolute Gasteiger partial charge is 0.243 e. The summed E-state index contributed by atoms with van der Waals surface area (Å²) in [5.41, 5.74) is 2.15. The van der Waals surface area contributed by atoms with E-state index in [0.29, 0.717) is 6.54 Å². The number of nitrogens with zero attached hydrogens (tertiary/aromatic N) is 2. The van der Waals surface area contributed by atoms with Crippen molar-refractivity contribution in [3.8, 4) is 11.5 Å². The fourth-order valence-corrected chi connectivity index (χ4v) is 3.72. The monoisotopic (exact) mass is 422 g/mol. The maximum atomic E-state index is 12.0. The highest BCUT2D eigenvalue weighted by Gasteiger charge is 2.18. The van der Waals surface area contributed by atoms with Gasteiger partial charge in [0.15, 0.2) is 0 Å². The van der Waals surface area contributed by atoms with Gasteiger partial charge in [0.2, 0.25) is 5.91 Å². The summed E-state index contributed by atoms with van der Waals surface area (Å²) < 4.78 is 10.6. The van der Waals surface area contributed by atoms with E-state index in [4.69, 9.17) is 9.47 Å². The van der Waals surface area contributed by atoms with E-state index in [1.807, 2.05) is 42.5 Å². The van der Waals surface area contributed by atoms with Crippen LogP contribution in [0.2, 0.25) is 0 Å². The molecule has 1 fully saturated rings. The standard InChI is InChI=1S/C25H33N3O3/c1-30-22-12-9-21(10-13-22)11-14-25(29)26-15-5-6-16-27-17-19-28(20-18-27)23-7-3-4-8-24(23)31-2/h3-4,7-14H,5-6,15-20H2,1-2H3,(H,26,29)/b14-11+/i2-1. The summed E-state index contributed by atoms with van der Waals surface area (Å²) in [6.45, 7) is 5.88. The lowest BCUT2D eigenvalue weighted by Crippen LogP contribution is -2.46. The predicted molar refractivity (Wildman–Crippen MR) is 126 cm³/mol. The average Bonchev–Trinajstić information content (AvgIpc) is 2.83. The molecule has 0 aromatic heterocycles. The van der Waals surface area contributed by atoms with Crippen LogP contribution < -0.4 is 19.7 Å². The number of hydrogen-bond acceptors (Lipinski definition) is 5. The summed E-state index contributed by atoms with van der Waals surface area (Å²) in [4.78, 5) is 16.9. The van der Waals surface area contributed by atoms with Crippen molar-refractivity contribution in [3.05, 3.63) is 60.2 Å². The van der Waals surface area contributed by atoms with E-state index in [-0.39, 0.29) is 5.91 Å².